The monoisotopic (exact) mass is 299 g/mol. The Morgan fingerprint density at radius 3 is 2.43 bits per heavy atom. The van der Waals surface area contributed by atoms with Crippen LogP contribution in [0.5, 0.6) is 0 Å². The van der Waals surface area contributed by atoms with Crippen molar-refractivity contribution in [2.45, 2.75) is 52.1 Å². The van der Waals surface area contributed by atoms with Crippen molar-refractivity contribution in [1.29, 1.82) is 0 Å². The third-order valence-electron chi connectivity index (χ3n) is 4.86. The third kappa shape index (κ3) is 3.38. The molecule has 1 nitrogen and oxygen atoms in total. The van der Waals surface area contributed by atoms with Crippen molar-refractivity contribution < 1.29 is 0 Å². The van der Waals surface area contributed by atoms with Gasteiger partial charge in [-0.1, -0.05) is 37.1 Å². The third-order valence-corrected chi connectivity index (χ3v) is 5.82. The maximum absolute atomic E-state index is 3.87. The van der Waals surface area contributed by atoms with Crippen LogP contribution in [0.4, 0.5) is 0 Å². The van der Waals surface area contributed by atoms with Gasteiger partial charge in [0, 0.05) is 17.5 Å². The summed E-state index contributed by atoms with van der Waals surface area (Å²) < 4.78 is 0. The van der Waals surface area contributed by atoms with Crippen LogP contribution in [0.3, 0.4) is 0 Å². The van der Waals surface area contributed by atoms with E-state index in [0.29, 0.717) is 6.04 Å². The van der Waals surface area contributed by atoms with Gasteiger partial charge in [-0.3, -0.25) is 0 Å². The minimum Gasteiger partial charge on any atom is -0.305 e. The summed E-state index contributed by atoms with van der Waals surface area (Å²) >= 11 is 1.90. The van der Waals surface area contributed by atoms with Gasteiger partial charge in [0.05, 0.1) is 0 Å². The molecule has 2 aromatic rings. The lowest BCUT2D eigenvalue weighted by atomic mass is 9.95. The molecule has 0 radical (unpaired) electrons. The molecule has 0 aliphatic heterocycles. The lowest BCUT2D eigenvalue weighted by molar-refractivity contribution is 0.370. The molecule has 21 heavy (non-hydrogen) atoms. The highest BCUT2D eigenvalue weighted by Crippen LogP contribution is 2.37. The van der Waals surface area contributed by atoms with Crippen LogP contribution in [0.2, 0.25) is 0 Å². The molecule has 0 bridgehead atoms. The molecular weight excluding hydrogens is 274 g/mol. The van der Waals surface area contributed by atoms with E-state index in [1.165, 1.54) is 47.3 Å². The molecule has 1 aromatic carbocycles. The average Bonchev–Trinajstić information content (AvgIpc) is 3.15. The molecule has 1 fully saturated rings. The maximum atomic E-state index is 3.87. The predicted octanol–water partition coefficient (Wildman–Crippen LogP) is 5.39. The molecule has 1 unspecified atom stereocenters. The highest BCUT2D eigenvalue weighted by molar-refractivity contribution is 7.10. The molecule has 112 valence electrons. The topological polar surface area (TPSA) is 12.0 Å². The summed E-state index contributed by atoms with van der Waals surface area (Å²) in [6.07, 6.45) is 5.56. The van der Waals surface area contributed by atoms with Gasteiger partial charge < -0.3 is 5.32 Å². The summed E-state index contributed by atoms with van der Waals surface area (Å²) in [5.74, 6) is 0.813. The van der Waals surface area contributed by atoms with E-state index >= 15 is 0 Å². The molecule has 0 spiro atoms. The Labute approximate surface area is 132 Å². The van der Waals surface area contributed by atoms with Crippen molar-refractivity contribution in [1.82, 2.24) is 5.32 Å². The van der Waals surface area contributed by atoms with Crippen LogP contribution in [-0.4, -0.2) is 0 Å². The summed E-state index contributed by atoms with van der Waals surface area (Å²) in [6.45, 7) is 5.43. The van der Waals surface area contributed by atoms with E-state index in [4.69, 9.17) is 0 Å². The first-order valence-electron chi connectivity index (χ1n) is 8.07. The van der Waals surface area contributed by atoms with Gasteiger partial charge in [0.1, 0.15) is 0 Å². The minimum absolute atomic E-state index is 0.534. The summed E-state index contributed by atoms with van der Waals surface area (Å²) in [6, 6.07) is 11.6. The van der Waals surface area contributed by atoms with Gasteiger partial charge in [0.2, 0.25) is 0 Å². The number of nitrogens with one attached hydrogen (secondary N) is 1. The summed E-state index contributed by atoms with van der Waals surface area (Å²) in [7, 11) is 0. The van der Waals surface area contributed by atoms with E-state index in [-0.39, 0.29) is 0 Å². The van der Waals surface area contributed by atoms with Crippen LogP contribution in [0.25, 0.3) is 0 Å². The summed E-state index contributed by atoms with van der Waals surface area (Å²) in [4.78, 5) is 1.51. The molecule has 1 aliphatic rings. The fraction of sp³-hybridized carbons (Fsp3) is 0.474. The molecular formula is C19H25NS. The Kier molecular flexibility index (Phi) is 4.77. The highest BCUT2D eigenvalue weighted by atomic mass is 32.1. The first-order chi connectivity index (χ1) is 10.3. The highest BCUT2D eigenvalue weighted by Gasteiger charge is 2.26. The van der Waals surface area contributed by atoms with Crippen molar-refractivity contribution in [2.75, 3.05) is 0 Å². The van der Waals surface area contributed by atoms with E-state index in [2.05, 4.69) is 54.9 Å². The molecule has 1 N–H and O–H groups in total. The van der Waals surface area contributed by atoms with Crippen LogP contribution in [-0.2, 0) is 6.54 Å². The molecule has 1 aliphatic carbocycles. The Morgan fingerprint density at radius 2 is 1.81 bits per heavy atom. The van der Waals surface area contributed by atoms with Crippen LogP contribution in [0, 0.1) is 19.8 Å². The zero-order chi connectivity index (χ0) is 14.7. The molecule has 1 atom stereocenters. The first-order valence-corrected chi connectivity index (χ1v) is 8.95. The first kappa shape index (κ1) is 14.8. The van der Waals surface area contributed by atoms with Gasteiger partial charge in [0.25, 0.3) is 0 Å². The van der Waals surface area contributed by atoms with E-state index in [0.717, 1.165) is 12.5 Å². The largest absolute Gasteiger partial charge is 0.305 e. The molecule has 1 saturated carbocycles. The lowest BCUT2D eigenvalue weighted by Crippen LogP contribution is -2.26. The van der Waals surface area contributed by atoms with Crippen LogP contribution in [0.15, 0.2) is 35.7 Å². The normalized spacial score (nSPS) is 17.2. The number of aryl methyl sites for hydroxylation is 2. The number of hydrogen-bond donors (Lipinski definition) is 1. The summed E-state index contributed by atoms with van der Waals surface area (Å²) in [5.41, 5.74) is 4.27. The smallest absolute Gasteiger partial charge is 0.0446 e. The van der Waals surface area contributed by atoms with Crippen LogP contribution >= 0.6 is 11.3 Å². The predicted molar refractivity (Wildman–Crippen MR) is 91.8 cm³/mol. The van der Waals surface area contributed by atoms with E-state index < -0.39 is 0 Å². The second kappa shape index (κ2) is 6.76. The fourth-order valence-electron chi connectivity index (χ4n) is 3.60. The zero-order valence-electron chi connectivity index (χ0n) is 13.1. The second-order valence-corrected chi connectivity index (χ2v) is 7.27. The molecule has 3 rings (SSSR count). The Balaban J connectivity index is 1.76. The van der Waals surface area contributed by atoms with Gasteiger partial charge in [-0.2, -0.15) is 0 Å². The minimum atomic E-state index is 0.534. The van der Waals surface area contributed by atoms with E-state index in [1.807, 2.05) is 11.3 Å². The zero-order valence-corrected chi connectivity index (χ0v) is 13.9. The van der Waals surface area contributed by atoms with E-state index in [1.54, 1.807) is 0 Å². The van der Waals surface area contributed by atoms with Gasteiger partial charge in [-0.05, 0) is 60.7 Å². The van der Waals surface area contributed by atoms with Crippen molar-refractivity contribution in [2.24, 2.45) is 5.92 Å². The standard InChI is InChI=1S/C19H25NS/c1-14-7-5-8-15(2)17(14)13-20-19(16-9-3-4-10-16)18-11-6-12-21-18/h5-8,11-12,16,19-20H,3-4,9-10,13H2,1-2H3. The average molecular weight is 299 g/mol. The van der Waals surface area contributed by atoms with Crippen LogP contribution in [0.1, 0.15) is 53.3 Å². The Morgan fingerprint density at radius 1 is 1.10 bits per heavy atom. The van der Waals surface area contributed by atoms with Gasteiger partial charge in [-0.25, -0.2) is 0 Å². The van der Waals surface area contributed by atoms with Crippen molar-refractivity contribution in [3.05, 3.63) is 57.3 Å². The number of hydrogen-bond acceptors (Lipinski definition) is 2. The lowest BCUT2D eigenvalue weighted by Gasteiger charge is -2.25. The Hall–Kier alpha value is -1.12. The van der Waals surface area contributed by atoms with Crippen molar-refractivity contribution in [3.63, 3.8) is 0 Å². The van der Waals surface area contributed by atoms with Crippen molar-refractivity contribution >= 4 is 11.3 Å². The van der Waals surface area contributed by atoms with Crippen LogP contribution < -0.4 is 5.32 Å². The van der Waals surface area contributed by atoms with Crippen molar-refractivity contribution in [3.8, 4) is 0 Å². The molecule has 0 saturated heterocycles. The van der Waals surface area contributed by atoms with Gasteiger partial charge in [-0.15, -0.1) is 11.3 Å². The molecule has 1 aromatic heterocycles. The van der Waals surface area contributed by atoms with Gasteiger partial charge in [0.15, 0.2) is 0 Å². The second-order valence-electron chi connectivity index (χ2n) is 6.29. The van der Waals surface area contributed by atoms with Gasteiger partial charge >= 0.3 is 0 Å². The molecule has 0 amide bonds. The number of thiophene rings is 1. The number of benzene rings is 1. The maximum Gasteiger partial charge on any atom is 0.0446 e. The summed E-state index contributed by atoms with van der Waals surface area (Å²) in [5, 5.41) is 6.08. The Bertz CT molecular complexity index is 547. The SMILES string of the molecule is Cc1cccc(C)c1CNC(c1cccs1)C1CCCC1. The van der Waals surface area contributed by atoms with E-state index in [9.17, 15) is 0 Å². The fourth-order valence-corrected chi connectivity index (χ4v) is 4.49. The quantitative estimate of drug-likeness (QED) is 0.781. The molecule has 2 heteroatoms. The molecule has 1 heterocycles. The number of rotatable bonds is 5.